The number of rotatable bonds is 6. The zero-order valence-corrected chi connectivity index (χ0v) is 11.3. The van der Waals surface area contributed by atoms with Crippen molar-refractivity contribution >= 4 is 17.4 Å². The number of aromatic amines is 1. The molecule has 0 aliphatic rings. The molecular weight excluding hydrogens is 272 g/mol. The monoisotopic (exact) mass is 288 g/mol. The molecule has 0 aliphatic carbocycles. The largest absolute Gasteiger partial charge is 0.506 e. The number of aromatic nitrogens is 2. The Balaban J connectivity index is 1.77. The number of phenolic OH excluding ortho intramolecular Hbond substituents is 1. The highest BCUT2D eigenvalue weighted by Gasteiger charge is 2.10. The number of amides is 1. The summed E-state index contributed by atoms with van der Waals surface area (Å²) in [7, 11) is 0. The van der Waals surface area contributed by atoms with Gasteiger partial charge in [0.1, 0.15) is 5.75 Å². The highest BCUT2D eigenvalue weighted by molar-refractivity contribution is 5.95. The molecule has 0 atom stereocenters. The third-order valence-corrected chi connectivity index (χ3v) is 2.92. The zero-order chi connectivity index (χ0) is 15.2. The summed E-state index contributed by atoms with van der Waals surface area (Å²) >= 11 is 0. The van der Waals surface area contributed by atoms with Crippen molar-refractivity contribution in [3.8, 4) is 5.75 Å². The molecule has 2 aromatic rings. The fraction of sp³-hybridized carbons (Fsp3) is 0.214. The van der Waals surface area contributed by atoms with Crippen molar-refractivity contribution < 1.29 is 14.7 Å². The Labute approximate surface area is 121 Å². The maximum Gasteiger partial charge on any atom is 0.251 e. The Kier molecular flexibility index (Phi) is 4.55. The molecular formula is C14H16N4O3. The summed E-state index contributed by atoms with van der Waals surface area (Å²) in [6.07, 6.45) is 3.90. The van der Waals surface area contributed by atoms with E-state index in [0.29, 0.717) is 30.8 Å². The van der Waals surface area contributed by atoms with E-state index in [4.69, 9.17) is 5.73 Å². The summed E-state index contributed by atoms with van der Waals surface area (Å²) in [5.41, 5.74) is 6.00. The molecule has 0 fully saturated rings. The van der Waals surface area contributed by atoms with Gasteiger partial charge in [0.15, 0.2) is 11.6 Å². The van der Waals surface area contributed by atoms with E-state index in [1.807, 2.05) is 0 Å². The van der Waals surface area contributed by atoms with Gasteiger partial charge in [0.25, 0.3) is 5.91 Å². The van der Waals surface area contributed by atoms with Crippen molar-refractivity contribution in [3.63, 3.8) is 0 Å². The number of nitrogen functional groups attached to an aromatic ring is 1. The van der Waals surface area contributed by atoms with E-state index in [2.05, 4.69) is 15.3 Å². The van der Waals surface area contributed by atoms with Crippen molar-refractivity contribution in [2.75, 3.05) is 12.3 Å². The Morgan fingerprint density at radius 3 is 2.86 bits per heavy atom. The summed E-state index contributed by atoms with van der Waals surface area (Å²) in [4.78, 5) is 30.1. The number of hydrogen-bond donors (Lipinski definition) is 4. The van der Waals surface area contributed by atoms with Gasteiger partial charge in [0, 0.05) is 30.9 Å². The van der Waals surface area contributed by atoms with Crippen LogP contribution >= 0.6 is 0 Å². The van der Waals surface area contributed by atoms with Crippen LogP contribution in [-0.2, 0) is 0 Å². The van der Waals surface area contributed by atoms with E-state index < -0.39 is 0 Å². The molecule has 0 saturated heterocycles. The van der Waals surface area contributed by atoms with Crippen LogP contribution in [0, 0.1) is 0 Å². The van der Waals surface area contributed by atoms with Crippen LogP contribution < -0.4 is 11.1 Å². The van der Waals surface area contributed by atoms with Gasteiger partial charge in [-0.05, 0) is 24.6 Å². The molecule has 0 saturated carbocycles. The third-order valence-electron chi connectivity index (χ3n) is 2.92. The van der Waals surface area contributed by atoms with Crippen LogP contribution in [0.5, 0.6) is 5.75 Å². The first-order chi connectivity index (χ1) is 10.1. The maximum atomic E-state index is 11.8. The number of aromatic hydroxyl groups is 1. The summed E-state index contributed by atoms with van der Waals surface area (Å²) in [5, 5.41) is 12.1. The number of hydrogen-bond acceptors (Lipinski definition) is 5. The number of benzene rings is 1. The highest BCUT2D eigenvalue weighted by atomic mass is 16.3. The quantitative estimate of drug-likeness (QED) is 0.274. The van der Waals surface area contributed by atoms with Gasteiger partial charge in [0.05, 0.1) is 5.69 Å². The number of ketones is 1. The number of anilines is 1. The van der Waals surface area contributed by atoms with Crippen LogP contribution in [0.3, 0.4) is 0 Å². The lowest BCUT2D eigenvalue weighted by molar-refractivity contribution is 0.0935. The van der Waals surface area contributed by atoms with Crippen LogP contribution in [0.1, 0.15) is 33.8 Å². The predicted molar refractivity (Wildman–Crippen MR) is 77.0 cm³/mol. The van der Waals surface area contributed by atoms with Gasteiger partial charge in [-0.1, -0.05) is 0 Å². The van der Waals surface area contributed by atoms with Gasteiger partial charge in [0.2, 0.25) is 0 Å². The average Bonchev–Trinajstić information content (AvgIpc) is 3.00. The van der Waals surface area contributed by atoms with E-state index in [1.165, 1.54) is 24.4 Å². The van der Waals surface area contributed by atoms with E-state index in [-0.39, 0.29) is 23.1 Å². The maximum absolute atomic E-state index is 11.8. The molecule has 7 nitrogen and oxygen atoms in total. The molecule has 0 radical (unpaired) electrons. The first kappa shape index (κ1) is 14.6. The number of nitrogens with two attached hydrogens (primary N) is 1. The van der Waals surface area contributed by atoms with E-state index in [9.17, 15) is 14.7 Å². The second-order valence-corrected chi connectivity index (χ2v) is 4.49. The lowest BCUT2D eigenvalue weighted by Crippen LogP contribution is -2.24. The number of H-pyrrole nitrogens is 1. The minimum atomic E-state index is -0.323. The van der Waals surface area contributed by atoms with Gasteiger partial charge < -0.3 is 21.1 Å². The van der Waals surface area contributed by atoms with Crippen LogP contribution in [0.4, 0.5) is 5.69 Å². The van der Waals surface area contributed by atoms with Crippen LogP contribution in [0.25, 0.3) is 0 Å². The highest BCUT2D eigenvalue weighted by Crippen LogP contribution is 2.20. The van der Waals surface area contributed by atoms with Gasteiger partial charge in [-0.15, -0.1) is 0 Å². The Bertz CT molecular complexity index is 638. The van der Waals surface area contributed by atoms with Gasteiger partial charge in [-0.2, -0.15) is 0 Å². The first-order valence-corrected chi connectivity index (χ1v) is 6.47. The SMILES string of the molecule is Nc1ccc(C(=O)NCCCC(=O)c2ncc[nH]2)cc1O. The molecule has 1 aromatic heterocycles. The summed E-state index contributed by atoms with van der Waals surface area (Å²) < 4.78 is 0. The molecule has 21 heavy (non-hydrogen) atoms. The molecule has 0 bridgehead atoms. The minimum Gasteiger partial charge on any atom is -0.506 e. The smallest absolute Gasteiger partial charge is 0.251 e. The first-order valence-electron chi connectivity index (χ1n) is 6.47. The minimum absolute atomic E-state index is 0.0978. The van der Waals surface area contributed by atoms with E-state index in [1.54, 1.807) is 6.20 Å². The number of carbonyl (C=O) groups is 2. The van der Waals surface area contributed by atoms with Crippen molar-refractivity contribution in [1.29, 1.82) is 0 Å². The number of phenols is 1. The lowest BCUT2D eigenvalue weighted by Gasteiger charge is -2.06. The Morgan fingerprint density at radius 1 is 1.38 bits per heavy atom. The average molecular weight is 288 g/mol. The summed E-state index contributed by atoms with van der Waals surface area (Å²) in [6, 6.07) is 4.29. The standard InChI is InChI=1S/C14H16N4O3/c15-10-4-3-9(8-12(10)20)14(21)18-5-1-2-11(19)13-16-6-7-17-13/h3-4,6-8,20H,1-2,5,15H2,(H,16,17)(H,18,21). The molecule has 0 aliphatic heterocycles. The van der Waals surface area contributed by atoms with Gasteiger partial charge in [-0.3, -0.25) is 9.59 Å². The number of nitrogens with zero attached hydrogens (tertiary/aromatic N) is 1. The van der Waals surface area contributed by atoms with Crippen molar-refractivity contribution in [3.05, 3.63) is 42.0 Å². The fourth-order valence-corrected chi connectivity index (χ4v) is 1.77. The number of imidazole rings is 1. The molecule has 5 N–H and O–H groups in total. The molecule has 1 amide bonds. The summed E-state index contributed by atoms with van der Waals surface area (Å²) in [5.74, 6) is -0.226. The van der Waals surface area contributed by atoms with E-state index >= 15 is 0 Å². The summed E-state index contributed by atoms with van der Waals surface area (Å²) in [6.45, 7) is 0.358. The second-order valence-electron chi connectivity index (χ2n) is 4.49. The number of nitrogens with one attached hydrogen (secondary N) is 2. The molecule has 2 rings (SSSR count). The van der Waals surface area contributed by atoms with Crippen molar-refractivity contribution in [1.82, 2.24) is 15.3 Å². The van der Waals surface area contributed by atoms with E-state index in [0.717, 1.165) is 0 Å². The number of carbonyl (C=O) groups excluding carboxylic acids is 2. The van der Waals surface area contributed by atoms with Crippen LogP contribution in [0.15, 0.2) is 30.6 Å². The van der Waals surface area contributed by atoms with Crippen LogP contribution in [0.2, 0.25) is 0 Å². The van der Waals surface area contributed by atoms with Gasteiger partial charge >= 0.3 is 0 Å². The molecule has 1 heterocycles. The molecule has 1 aromatic carbocycles. The van der Waals surface area contributed by atoms with Crippen LogP contribution in [-0.4, -0.2) is 33.3 Å². The van der Waals surface area contributed by atoms with Crippen molar-refractivity contribution in [2.24, 2.45) is 0 Å². The second kappa shape index (κ2) is 6.56. The Morgan fingerprint density at radius 2 is 2.19 bits per heavy atom. The third kappa shape index (κ3) is 3.82. The molecule has 0 spiro atoms. The molecule has 110 valence electrons. The normalized spacial score (nSPS) is 10.3. The predicted octanol–water partition coefficient (Wildman–Crippen LogP) is 1.09. The van der Waals surface area contributed by atoms with Gasteiger partial charge in [-0.25, -0.2) is 4.98 Å². The molecule has 0 unspecified atom stereocenters. The zero-order valence-electron chi connectivity index (χ0n) is 11.3. The lowest BCUT2D eigenvalue weighted by atomic mass is 10.1. The Hall–Kier alpha value is -2.83. The number of Topliss-reactive ketones (excluding diaryl/α,β-unsaturated/α-hetero) is 1. The molecule has 7 heteroatoms. The van der Waals surface area contributed by atoms with Crippen molar-refractivity contribution in [2.45, 2.75) is 12.8 Å². The topological polar surface area (TPSA) is 121 Å². The fourth-order valence-electron chi connectivity index (χ4n) is 1.77.